The van der Waals surface area contributed by atoms with Gasteiger partial charge in [0, 0.05) is 31.6 Å². The molecule has 0 saturated heterocycles. The second kappa shape index (κ2) is 8.40. The van der Waals surface area contributed by atoms with Crippen LogP contribution in [0.2, 0.25) is 0 Å². The van der Waals surface area contributed by atoms with Crippen LogP contribution in [0.25, 0.3) is 0 Å². The first-order chi connectivity index (χ1) is 13.8. The van der Waals surface area contributed by atoms with E-state index in [4.69, 9.17) is 4.52 Å². The molecule has 3 aromatic rings. The summed E-state index contributed by atoms with van der Waals surface area (Å²) in [5.41, 5.74) is 4.44. The van der Waals surface area contributed by atoms with Crippen LogP contribution in [0.3, 0.4) is 0 Å². The van der Waals surface area contributed by atoms with Crippen molar-refractivity contribution in [2.24, 2.45) is 0 Å². The van der Waals surface area contributed by atoms with E-state index in [-0.39, 0.29) is 11.8 Å². The number of nitrogens with zero attached hydrogens (tertiary/aromatic N) is 2. The summed E-state index contributed by atoms with van der Waals surface area (Å²) < 4.78 is 5.73. The lowest BCUT2D eigenvalue weighted by molar-refractivity contribution is -0.122. The number of hydrogen-bond donors (Lipinski definition) is 1. The highest BCUT2D eigenvalue weighted by Gasteiger charge is 2.30. The van der Waals surface area contributed by atoms with Crippen molar-refractivity contribution < 1.29 is 9.32 Å². The Morgan fingerprint density at radius 2 is 1.75 bits per heavy atom. The van der Waals surface area contributed by atoms with E-state index in [9.17, 15) is 4.79 Å². The molecule has 1 N–H and O–H groups in total. The number of nitrogens with one attached hydrogen (secondary N) is 1. The second-order valence-corrected chi connectivity index (χ2v) is 7.14. The lowest BCUT2D eigenvalue weighted by Crippen LogP contribution is -2.39. The molecule has 0 fully saturated rings. The number of aromatic nitrogens is 1. The highest BCUT2D eigenvalue weighted by molar-refractivity contribution is 5.78. The Kier molecular flexibility index (Phi) is 5.53. The van der Waals surface area contributed by atoms with Gasteiger partial charge in [0.05, 0.1) is 12.5 Å². The van der Waals surface area contributed by atoms with Crippen molar-refractivity contribution in [2.75, 3.05) is 19.6 Å². The molecule has 5 heteroatoms. The first-order valence-corrected chi connectivity index (χ1v) is 9.82. The molecular weight excluding hydrogens is 350 g/mol. The minimum absolute atomic E-state index is 0.0133. The zero-order valence-corrected chi connectivity index (χ0v) is 16.1. The van der Waals surface area contributed by atoms with E-state index in [0.29, 0.717) is 19.6 Å². The summed E-state index contributed by atoms with van der Waals surface area (Å²) in [6.07, 6.45) is 0.776. The molecule has 5 nitrogen and oxygen atoms in total. The highest BCUT2D eigenvalue weighted by atomic mass is 16.5. The van der Waals surface area contributed by atoms with Crippen LogP contribution in [0, 0.1) is 0 Å². The summed E-state index contributed by atoms with van der Waals surface area (Å²) in [6, 6.07) is 20.8. The van der Waals surface area contributed by atoms with Crippen LogP contribution >= 0.6 is 0 Å². The third-order valence-electron chi connectivity index (χ3n) is 5.22. The Hall–Kier alpha value is -2.92. The van der Waals surface area contributed by atoms with Gasteiger partial charge >= 0.3 is 0 Å². The Balaban J connectivity index is 1.68. The zero-order chi connectivity index (χ0) is 19.3. The molecule has 4 rings (SSSR count). The van der Waals surface area contributed by atoms with Gasteiger partial charge in [0.25, 0.3) is 0 Å². The van der Waals surface area contributed by atoms with Crippen LogP contribution in [0.1, 0.15) is 41.0 Å². The molecule has 1 amide bonds. The topological polar surface area (TPSA) is 58.4 Å². The maximum Gasteiger partial charge on any atom is 0.234 e. The van der Waals surface area contributed by atoms with Crippen LogP contribution in [0.5, 0.6) is 0 Å². The monoisotopic (exact) mass is 375 g/mol. The fourth-order valence-electron chi connectivity index (χ4n) is 3.90. The van der Waals surface area contributed by atoms with E-state index >= 15 is 0 Å². The van der Waals surface area contributed by atoms with Gasteiger partial charge in [-0.05, 0) is 18.1 Å². The maximum absolute atomic E-state index is 12.0. The zero-order valence-electron chi connectivity index (χ0n) is 16.1. The molecule has 28 heavy (non-hydrogen) atoms. The third-order valence-corrected chi connectivity index (χ3v) is 5.22. The molecule has 0 saturated carbocycles. The molecular formula is C23H25N3O2. The summed E-state index contributed by atoms with van der Waals surface area (Å²) in [5, 5.41) is 7.38. The molecule has 1 aliphatic heterocycles. The molecule has 0 bridgehead atoms. The largest absolute Gasteiger partial charge is 0.361 e. The van der Waals surface area contributed by atoms with E-state index in [1.807, 2.05) is 19.1 Å². The van der Waals surface area contributed by atoms with Gasteiger partial charge in [-0.1, -0.05) is 65.8 Å². The quantitative estimate of drug-likeness (QED) is 0.718. The van der Waals surface area contributed by atoms with Gasteiger partial charge in [-0.15, -0.1) is 0 Å². The van der Waals surface area contributed by atoms with Crippen LogP contribution in [-0.2, 0) is 17.8 Å². The van der Waals surface area contributed by atoms with Gasteiger partial charge in [0.2, 0.25) is 5.91 Å². The van der Waals surface area contributed by atoms with Crippen LogP contribution in [0.4, 0.5) is 0 Å². The Morgan fingerprint density at radius 3 is 2.36 bits per heavy atom. The van der Waals surface area contributed by atoms with E-state index < -0.39 is 0 Å². The molecule has 1 aliphatic rings. The number of carbonyl (C=O) groups excluding carboxylic acids is 1. The molecule has 2 aromatic carbocycles. The van der Waals surface area contributed by atoms with Gasteiger partial charge in [-0.25, -0.2) is 0 Å². The fourth-order valence-corrected chi connectivity index (χ4v) is 3.90. The summed E-state index contributed by atoms with van der Waals surface area (Å²) in [5.74, 6) is 1.02. The van der Waals surface area contributed by atoms with Crippen LogP contribution in [0.15, 0.2) is 65.2 Å². The number of rotatable bonds is 6. The Morgan fingerprint density at radius 1 is 1.11 bits per heavy atom. The third kappa shape index (κ3) is 3.85. The van der Waals surface area contributed by atoms with Crippen molar-refractivity contribution in [2.45, 2.75) is 25.8 Å². The molecule has 144 valence electrons. The molecule has 0 spiro atoms. The van der Waals surface area contributed by atoms with Gasteiger partial charge in [-0.2, -0.15) is 0 Å². The van der Waals surface area contributed by atoms with E-state index in [0.717, 1.165) is 30.0 Å². The predicted molar refractivity (Wildman–Crippen MR) is 108 cm³/mol. The van der Waals surface area contributed by atoms with E-state index in [2.05, 4.69) is 63.9 Å². The van der Waals surface area contributed by atoms with Crippen molar-refractivity contribution in [3.8, 4) is 0 Å². The summed E-state index contributed by atoms with van der Waals surface area (Å²) >= 11 is 0. The number of carbonyl (C=O) groups is 1. The SMILES string of the molecule is CCNC(=O)CN1CCc2onc(C(c3ccccc3)c3ccccc3)c2C1. The molecule has 0 aliphatic carbocycles. The van der Waals surface area contributed by atoms with Crippen LogP contribution in [-0.4, -0.2) is 35.6 Å². The highest BCUT2D eigenvalue weighted by Crippen LogP contribution is 2.36. The Labute approximate surface area is 165 Å². The Bertz CT molecular complexity index is 882. The van der Waals surface area contributed by atoms with Gasteiger partial charge in [0.1, 0.15) is 11.5 Å². The molecule has 0 radical (unpaired) electrons. The average molecular weight is 375 g/mol. The minimum atomic E-state index is 0.0133. The first kappa shape index (κ1) is 18.4. The standard InChI is InChI=1S/C23H25N3O2/c1-2-24-21(27)16-26-14-13-20-19(15-26)23(25-28-20)22(17-9-5-3-6-10-17)18-11-7-4-8-12-18/h3-12,22H,2,13-16H2,1H3,(H,24,27). The minimum Gasteiger partial charge on any atom is -0.361 e. The predicted octanol–water partition coefficient (Wildman–Crippen LogP) is 3.35. The number of hydrogen-bond acceptors (Lipinski definition) is 4. The van der Waals surface area contributed by atoms with Crippen molar-refractivity contribution in [3.63, 3.8) is 0 Å². The second-order valence-electron chi connectivity index (χ2n) is 7.14. The fraction of sp³-hybridized carbons (Fsp3) is 0.304. The molecule has 0 atom stereocenters. The lowest BCUT2D eigenvalue weighted by Gasteiger charge is -2.26. The van der Waals surface area contributed by atoms with Crippen molar-refractivity contribution in [1.82, 2.24) is 15.4 Å². The summed E-state index contributed by atoms with van der Waals surface area (Å²) in [6.45, 7) is 4.48. The number of amides is 1. The normalized spacial score (nSPS) is 14.1. The average Bonchev–Trinajstić information content (AvgIpc) is 3.13. The lowest BCUT2D eigenvalue weighted by atomic mass is 9.85. The maximum atomic E-state index is 12.0. The smallest absolute Gasteiger partial charge is 0.234 e. The first-order valence-electron chi connectivity index (χ1n) is 9.82. The molecule has 0 unspecified atom stereocenters. The summed E-state index contributed by atoms with van der Waals surface area (Å²) in [4.78, 5) is 14.2. The van der Waals surface area contributed by atoms with Gasteiger partial charge < -0.3 is 9.84 Å². The van der Waals surface area contributed by atoms with Crippen molar-refractivity contribution >= 4 is 5.91 Å². The van der Waals surface area contributed by atoms with Crippen molar-refractivity contribution in [3.05, 3.63) is 88.8 Å². The molecule has 1 aromatic heterocycles. The number of likely N-dealkylation sites (N-methyl/N-ethyl adjacent to an activating group) is 1. The van der Waals surface area contributed by atoms with E-state index in [1.54, 1.807) is 0 Å². The van der Waals surface area contributed by atoms with Crippen LogP contribution < -0.4 is 5.32 Å². The molecule has 2 heterocycles. The number of fused-ring (bicyclic) bond motifs is 1. The van der Waals surface area contributed by atoms with Gasteiger partial charge in [0.15, 0.2) is 0 Å². The summed E-state index contributed by atoms with van der Waals surface area (Å²) in [7, 11) is 0. The van der Waals surface area contributed by atoms with E-state index in [1.165, 1.54) is 11.1 Å². The van der Waals surface area contributed by atoms with Crippen molar-refractivity contribution in [1.29, 1.82) is 0 Å². The number of benzene rings is 2. The van der Waals surface area contributed by atoms with Gasteiger partial charge in [-0.3, -0.25) is 9.69 Å².